The molecule has 230 valence electrons. The van der Waals surface area contributed by atoms with Crippen LogP contribution in [0.2, 0.25) is 0 Å². The summed E-state index contributed by atoms with van der Waals surface area (Å²) < 4.78 is 11.2. The molecule has 0 spiro atoms. The summed E-state index contributed by atoms with van der Waals surface area (Å²) in [5, 5.41) is 30.0. The zero-order valence-electron chi connectivity index (χ0n) is 25.9. The van der Waals surface area contributed by atoms with Crippen LogP contribution in [0.15, 0.2) is 51.2 Å². The van der Waals surface area contributed by atoms with Gasteiger partial charge in [-0.1, -0.05) is 31.6 Å². The predicted molar refractivity (Wildman–Crippen MR) is 167 cm³/mol. The lowest BCUT2D eigenvalue weighted by Crippen LogP contribution is -2.45. The number of ether oxygens (including phenoxy) is 1. The lowest BCUT2D eigenvalue weighted by atomic mass is 9.55. The number of aromatic hydroxyl groups is 3. The van der Waals surface area contributed by atoms with Gasteiger partial charge in [0.15, 0.2) is 5.43 Å². The van der Waals surface area contributed by atoms with E-state index < -0.39 is 0 Å². The number of hydrogen-bond donors (Lipinski definition) is 3. The summed E-state index contributed by atoms with van der Waals surface area (Å²) in [6, 6.07) is 8.64. The Bertz CT molecular complexity index is 1610. The maximum absolute atomic E-state index is 11.9. The molecule has 2 fully saturated rings. The number of benzene rings is 2. The lowest BCUT2D eigenvalue weighted by molar-refractivity contribution is -0.157. The Morgan fingerprint density at radius 2 is 1.86 bits per heavy atom. The fraction of sp³-hybridized carbons (Fsp3) is 0.500. The van der Waals surface area contributed by atoms with Gasteiger partial charge in [-0.2, -0.15) is 0 Å². The molecule has 6 rings (SSSR count). The highest BCUT2D eigenvalue weighted by atomic mass is 16.5. The minimum absolute atomic E-state index is 0.0477. The SMILES string of the molecule is CC(C)=CCc1c(O)cc2oc(C)cc(=O)c2c1O.CCC(=O)OC1CCC2C3CCc4cc(O)ccc4C3CCC12C. The van der Waals surface area contributed by atoms with Crippen LogP contribution in [0, 0.1) is 24.2 Å². The van der Waals surface area contributed by atoms with Crippen LogP contribution >= 0.6 is 0 Å². The quantitative estimate of drug-likeness (QED) is 0.212. The molecule has 7 nitrogen and oxygen atoms in total. The van der Waals surface area contributed by atoms with Crippen molar-refractivity contribution in [1.29, 1.82) is 0 Å². The Kier molecular flexibility index (Phi) is 8.64. The Morgan fingerprint density at radius 1 is 1.09 bits per heavy atom. The van der Waals surface area contributed by atoms with Crippen molar-refractivity contribution in [2.45, 2.75) is 98.0 Å². The summed E-state index contributed by atoms with van der Waals surface area (Å²) in [5.41, 5.74) is 4.24. The molecule has 5 unspecified atom stereocenters. The van der Waals surface area contributed by atoms with Crippen molar-refractivity contribution >= 4 is 16.9 Å². The Labute approximate surface area is 253 Å². The van der Waals surface area contributed by atoms with Crippen LogP contribution in [-0.2, 0) is 22.4 Å². The molecule has 3 aliphatic carbocycles. The first-order chi connectivity index (χ1) is 20.4. The molecular formula is C36H44O7. The van der Waals surface area contributed by atoms with E-state index in [1.165, 1.54) is 42.5 Å². The lowest BCUT2D eigenvalue weighted by Gasteiger charge is -2.50. The minimum atomic E-state index is -0.310. The second-order valence-electron chi connectivity index (χ2n) is 13.1. The average molecular weight is 589 g/mol. The first-order valence-electron chi connectivity index (χ1n) is 15.6. The zero-order valence-corrected chi connectivity index (χ0v) is 25.9. The van der Waals surface area contributed by atoms with Gasteiger partial charge in [0.2, 0.25) is 0 Å². The van der Waals surface area contributed by atoms with Crippen LogP contribution in [0.5, 0.6) is 17.2 Å². The molecule has 3 N–H and O–H groups in total. The third kappa shape index (κ3) is 5.91. The summed E-state index contributed by atoms with van der Waals surface area (Å²) in [6.45, 7) is 9.73. The highest BCUT2D eigenvalue weighted by Crippen LogP contribution is 2.61. The summed E-state index contributed by atoms with van der Waals surface area (Å²) in [4.78, 5) is 23.7. The van der Waals surface area contributed by atoms with Gasteiger partial charge < -0.3 is 24.5 Å². The zero-order chi connectivity index (χ0) is 31.1. The smallest absolute Gasteiger partial charge is 0.305 e. The highest BCUT2D eigenvalue weighted by molar-refractivity contribution is 5.86. The molecule has 5 atom stereocenters. The maximum atomic E-state index is 11.9. The third-order valence-electron chi connectivity index (χ3n) is 10.1. The van der Waals surface area contributed by atoms with E-state index in [0.29, 0.717) is 47.7 Å². The molecule has 1 aromatic heterocycles. The van der Waals surface area contributed by atoms with E-state index in [1.54, 1.807) is 6.92 Å². The molecular weight excluding hydrogens is 544 g/mol. The van der Waals surface area contributed by atoms with E-state index in [0.717, 1.165) is 24.8 Å². The van der Waals surface area contributed by atoms with Crippen LogP contribution in [0.25, 0.3) is 11.0 Å². The van der Waals surface area contributed by atoms with Crippen molar-refractivity contribution in [3.05, 3.63) is 74.7 Å². The van der Waals surface area contributed by atoms with Crippen LogP contribution in [0.4, 0.5) is 0 Å². The van der Waals surface area contributed by atoms with Crippen molar-refractivity contribution in [2.75, 3.05) is 0 Å². The maximum Gasteiger partial charge on any atom is 0.305 e. The Hall–Kier alpha value is -3.74. The summed E-state index contributed by atoms with van der Waals surface area (Å²) in [7, 11) is 0. The van der Waals surface area contributed by atoms with Crippen molar-refractivity contribution in [3.8, 4) is 17.2 Å². The number of carbonyl (C=O) groups excluding carboxylic acids is 1. The standard InChI is InChI=1S/C21H28O3.C15H16O4/c1-3-20(23)24-19-9-8-18-17-6-4-13-12-14(22)5-7-15(13)16(17)10-11-21(18,19)2;1-8(2)4-5-10-11(16)7-13-14(15(10)18)12(17)6-9(3)19-13/h5,7,12,16-19,22H,3-4,6,8-11H2,1-2H3;4,6-7,16,18H,5H2,1-3H3. The minimum Gasteiger partial charge on any atom is -0.508 e. The number of rotatable bonds is 4. The molecule has 2 aromatic carbocycles. The molecule has 2 saturated carbocycles. The van der Waals surface area contributed by atoms with Gasteiger partial charge in [-0.05, 0) is 107 Å². The molecule has 7 heteroatoms. The van der Waals surface area contributed by atoms with Crippen LogP contribution in [0.3, 0.4) is 0 Å². The number of allylic oxidation sites excluding steroid dienone is 2. The number of hydrogen-bond acceptors (Lipinski definition) is 7. The predicted octanol–water partition coefficient (Wildman–Crippen LogP) is 7.59. The average Bonchev–Trinajstić information content (AvgIpc) is 3.27. The fourth-order valence-electron chi connectivity index (χ4n) is 7.91. The van der Waals surface area contributed by atoms with Crippen molar-refractivity contribution in [1.82, 2.24) is 0 Å². The van der Waals surface area contributed by atoms with E-state index in [9.17, 15) is 24.9 Å². The van der Waals surface area contributed by atoms with E-state index in [1.807, 2.05) is 39.0 Å². The first-order valence-corrected chi connectivity index (χ1v) is 15.6. The van der Waals surface area contributed by atoms with Crippen molar-refractivity contribution in [3.63, 3.8) is 0 Å². The van der Waals surface area contributed by atoms with E-state index >= 15 is 0 Å². The topological polar surface area (TPSA) is 117 Å². The molecule has 0 radical (unpaired) electrons. The summed E-state index contributed by atoms with van der Waals surface area (Å²) in [5.74, 6) is 2.48. The van der Waals surface area contributed by atoms with Crippen molar-refractivity contribution < 1.29 is 29.3 Å². The van der Waals surface area contributed by atoms with Crippen LogP contribution in [-0.4, -0.2) is 27.4 Å². The fourth-order valence-corrected chi connectivity index (χ4v) is 7.91. The first kappa shape index (κ1) is 30.7. The molecule has 0 aliphatic heterocycles. The van der Waals surface area contributed by atoms with Gasteiger partial charge in [-0.3, -0.25) is 9.59 Å². The number of phenolic OH excluding ortho intramolecular Hbond substituents is 3. The van der Waals surface area contributed by atoms with Crippen LogP contribution < -0.4 is 5.43 Å². The number of fused-ring (bicyclic) bond motifs is 6. The largest absolute Gasteiger partial charge is 0.508 e. The van der Waals surface area contributed by atoms with Gasteiger partial charge in [0.25, 0.3) is 0 Å². The molecule has 43 heavy (non-hydrogen) atoms. The molecule has 3 aliphatic rings. The normalized spacial score (nSPS) is 25.5. The Balaban J connectivity index is 0.000000177. The summed E-state index contributed by atoms with van der Waals surface area (Å²) >= 11 is 0. The van der Waals surface area contributed by atoms with Crippen LogP contribution in [0.1, 0.15) is 94.6 Å². The molecule has 3 aromatic rings. The van der Waals surface area contributed by atoms with Gasteiger partial charge in [-0.25, -0.2) is 0 Å². The number of carbonyl (C=O) groups is 1. The monoisotopic (exact) mass is 588 g/mol. The van der Waals surface area contributed by atoms with Gasteiger partial charge in [0.05, 0.1) is 0 Å². The number of esters is 1. The molecule has 1 heterocycles. The van der Waals surface area contributed by atoms with Gasteiger partial charge in [0, 0.05) is 29.5 Å². The third-order valence-corrected chi connectivity index (χ3v) is 10.1. The number of aryl methyl sites for hydroxylation is 2. The number of phenols is 3. The second kappa shape index (κ2) is 12.1. The van der Waals surface area contributed by atoms with Crippen molar-refractivity contribution in [2.24, 2.45) is 17.3 Å². The van der Waals surface area contributed by atoms with Gasteiger partial charge >= 0.3 is 5.97 Å². The van der Waals surface area contributed by atoms with E-state index in [2.05, 4.69) is 13.0 Å². The van der Waals surface area contributed by atoms with Gasteiger partial charge in [-0.15, -0.1) is 0 Å². The van der Waals surface area contributed by atoms with Gasteiger partial charge in [0.1, 0.15) is 40.1 Å². The summed E-state index contributed by atoms with van der Waals surface area (Å²) in [6.07, 6.45) is 9.62. The molecule has 0 saturated heterocycles. The second-order valence-corrected chi connectivity index (χ2v) is 13.1. The van der Waals surface area contributed by atoms with E-state index in [-0.39, 0.29) is 45.4 Å². The Morgan fingerprint density at radius 3 is 2.58 bits per heavy atom. The van der Waals surface area contributed by atoms with E-state index in [4.69, 9.17) is 9.15 Å². The molecule has 0 bridgehead atoms. The highest BCUT2D eigenvalue weighted by Gasteiger charge is 2.56. The molecule has 0 amide bonds.